The molecule has 0 aliphatic carbocycles. The first-order valence-electron chi connectivity index (χ1n) is 8.75. The second-order valence-corrected chi connectivity index (χ2v) is 8.24. The van der Waals surface area contributed by atoms with E-state index in [2.05, 4.69) is 37.9 Å². The summed E-state index contributed by atoms with van der Waals surface area (Å²) in [5, 5.41) is 18.6. The third kappa shape index (κ3) is 3.63. The van der Waals surface area contributed by atoms with Gasteiger partial charge in [-0.2, -0.15) is 0 Å². The van der Waals surface area contributed by atoms with Crippen LogP contribution in [0.3, 0.4) is 0 Å². The van der Waals surface area contributed by atoms with Gasteiger partial charge in [0.15, 0.2) is 11.5 Å². The molecule has 1 aliphatic heterocycles. The zero-order valence-electron chi connectivity index (χ0n) is 15.5. The number of thioether (sulfide) groups is 1. The summed E-state index contributed by atoms with van der Waals surface area (Å²) in [5.41, 5.74) is 2.56. The highest BCUT2D eigenvalue weighted by molar-refractivity contribution is 9.10. The standard InChI is InChI=1S/C20H17BrN4O3S/c1-3-8-29-20-23-19(27)17-13-10-12(21)5-6-14(13)22-18(25(17)24-20)11-4-7-15(26)16(9-11)28-2/h3-7,9-10,18H,1,8H2,2H3,(H2,23,24,26,27)/p+1/t18-/m1/s1. The van der Waals surface area contributed by atoms with Gasteiger partial charge in [-0.15, -0.1) is 6.58 Å². The maximum Gasteiger partial charge on any atom is 0.325 e. The minimum absolute atomic E-state index is 0.0442. The van der Waals surface area contributed by atoms with E-state index in [1.54, 1.807) is 29.0 Å². The number of fused-ring (bicyclic) bond motifs is 3. The van der Waals surface area contributed by atoms with Crippen LogP contribution in [0.2, 0.25) is 0 Å². The zero-order valence-corrected chi connectivity index (χ0v) is 17.9. The van der Waals surface area contributed by atoms with Crippen molar-refractivity contribution >= 4 is 33.4 Å². The molecule has 2 heterocycles. The van der Waals surface area contributed by atoms with Crippen LogP contribution < -0.4 is 20.3 Å². The van der Waals surface area contributed by atoms with Crippen molar-refractivity contribution in [1.29, 1.82) is 0 Å². The molecule has 3 N–H and O–H groups in total. The Morgan fingerprint density at radius 3 is 2.97 bits per heavy atom. The first kappa shape index (κ1) is 19.5. The maximum atomic E-state index is 13.0. The minimum atomic E-state index is -0.460. The number of nitrogens with zero attached hydrogens (tertiary/aromatic N) is 2. The van der Waals surface area contributed by atoms with Gasteiger partial charge >= 0.3 is 11.3 Å². The van der Waals surface area contributed by atoms with Crippen molar-refractivity contribution in [1.82, 2.24) is 10.1 Å². The average Bonchev–Trinajstić information content (AvgIpc) is 2.72. The van der Waals surface area contributed by atoms with Crippen LogP contribution in [0.5, 0.6) is 11.5 Å². The van der Waals surface area contributed by atoms with Gasteiger partial charge < -0.3 is 15.2 Å². The van der Waals surface area contributed by atoms with Crippen molar-refractivity contribution in [3.63, 3.8) is 0 Å². The summed E-state index contributed by atoms with van der Waals surface area (Å²) >= 11 is 4.87. The molecular formula is C20H18BrN4O3S+. The van der Waals surface area contributed by atoms with Crippen molar-refractivity contribution in [2.75, 3.05) is 18.2 Å². The Morgan fingerprint density at radius 2 is 2.21 bits per heavy atom. The molecule has 1 atom stereocenters. The van der Waals surface area contributed by atoms with Crippen molar-refractivity contribution in [2.24, 2.45) is 0 Å². The molecule has 7 nitrogen and oxygen atoms in total. The molecule has 0 saturated carbocycles. The van der Waals surface area contributed by atoms with Crippen LogP contribution in [0.4, 0.5) is 5.69 Å². The Balaban J connectivity index is 1.93. The van der Waals surface area contributed by atoms with Crippen LogP contribution in [0, 0.1) is 0 Å². The molecule has 1 aliphatic rings. The van der Waals surface area contributed by atoms with Crippen molar-refractivity contribution in [3.05, 3.63) is 69.4 Å². The summed E-state index contributed by atoms with van der Waals surface area (Å²) in [6.07, 6.45) is 1.29. The number of benzene rings is 2. The van der Waals surface area contributed by atoms with Crippen molar-refractivity contribution in [2.45, 2.75) is 11.3 Å². The number of phenolic OH excluding ortho intramolecular Hbond substituents is 1. The van der Waals surface area contributed by atoms with E-state index in [-0.39, 0.29) is 11.3 Å². The lowest BCUT2D eigenvalue weighted by Crippen LogP contribution is -2.55. The summed E-state index contributed by atoms with van der Waals surface area (Å²) in [5.74, 6) is 1.01. The quantitative estimate of drug-likeness (QED) is 0.298. The molecule has 0 unspecified atom stereocenters. The number of hydrogen-bond donors (Lipinski definition) is 3. The Kier molecular flexibility index (Phi) is 5.33. The number of aromatic amines is 1. The first-order chi connectivity index (χ1) is 14.0. The number of H-pyrrole nitrogens is 1. The van der Waals surface area contributed by atoms with Gasteiger partial charge in [-0.05, 0) is 41.1 Å². The fourth-order valence-corrected chi connectivity index (χ4v) is 4.15. The fourth-order valence-electron chi connectivity index (χ4n) is 3.20. The molecular weight excluding hydrogens is 456 g/mol. The highest BCUT2D eigenvalue weighted by Crippen LogP contribution is 2.36. The number of nitrogens with one attached hydrogen (secondary N) is 2. The molecule has 0 spiro atoms. The number of phenols is 1. The van der Waals surface area contributed by atoms with Gasteiger partial charge in [-0.3, -0.25) is 9.78 Å². The van der Waals surface area contributed by atoms with E-state index >= 15 is 0 Å². The summed E-state index contributed by atoms with van der Waals surface area (Å²) in [6.45, 7) is 3.71. The van der Waals surface area contributed by atoms with E-state index in [1.165, 1.54) is 18.9 Å². The van der Waals surface area contributed by atoms with Crippen LogP contribution in [-0.2, 0) is 0 Å². The highest BCUT2D eigenvalue weighted by atomic mass is 79.9. The van der Waals surface area contributed by atoms with Gasteiger partial charge in [0.25, 0.3) is 6.17 Å². The third-order valence-corrected chi connectivity index (χ3v) is 5.85. The minimum Gasteiger partial charge on any atom is -0.504 e. The molecule has 2 aromatic carbocycles. The second-order valence-electron chi connectivity index (χ2n) is 6.32. The molecule has 1 aromatic heterocycles. The topological polar surface area (TPSA) is 91.1 Å². The predicted octanol–water partition coefficient (Wildman–Crippen LogP) is 3.45. The number of aromatic hydroxyl groups is 1. The molecule has 9 heteroatoms. The van der Waals surface area contributed by atoms with E-state index in [0.29, 0.717) is 22.4 Å². The molecule has 3 aromatic rings. The highest BCUT2D eigenvalue weighted by Gasteiger charge is 2.38. The second kappa shape index (κ2) is 7.92. The number of rotatable bonds is 5. The first-order valence-corrected chi connectivity index (χ1v) is 10.5. The van der Waals surface area contributed by atoms with Crippen LogP contribution in [0.25, 0.3) is 11.3 Å². The fraction of sp³-hybridized carbons (Fsp3) is 0.150. The lowest BCUT2D eigenvalue weighted by atomic mass is 10.0. The molecule has 4 rings (SSSR count). The smallest absolute Gasteiger partial charge is 0.325 e. The van der Waals surface area contributed by atoms with Crippen LogP contribution in [0.15, 0.2) is 63.5 Å². The number of halogens is 1. The lowest BCUT2D eigenvalue weighted by Gasteiger charge is -2.23. The summed E-state index contributed by atoms with van der Waals surface area (Å²) in [6, 6.07) is 10.8. The van der Waals surface area contributed by atoms with Gasteiger partial charge in [0, 0.05) is 20.9 Å². The van der Waals surface area contributed by atoms with E-state index in [4.69, 9.17) is 4.74 Å². The Hall–Kier alpha value is -2.78. The van der Waals surface area contributed by atoms with Crippen LogP contribution >= 0.6 is 27.7 Å². The maximum absolute atomic E-state index is 13.0. The number of methoxy groups -OCH3 is 1. The molecule has 0 fully saturated rings. The average molecular weight is 474 g/mol. The Bertz CT molecular complexity index is 1160. The summed E-state index contributed by atoms with van der Waals surface area (Å²) < 4.78 is 7.78. The Labute approximate surface area is 179 Å². The lowest BCUT2D eigenvalue weighted by molar-refractivity contribution is -0.759. The van der Waals surface area contributed by atoms with E-state index < -0.39 is 6.17 Å². The number of aromatic nitrogens is 3. The van der Waals surface area contributed by atoms with Crippen LogP contribution in [0.1, 0.15) is 11.7 Å². The molecule has 148 valence electrons. The van der Waals surface area contributed by atoms with Crippen LogP contribution in [-0.4, -0.2) is 28.1 Å². The van der Waals surface area contributed by atoms with E-state index in [0.717, 1.165) is 21.3 Å². The normalized spacial score (nSPS) is 14.5. The van der Waals surface area contributed by atoms with Gasteiger partial charge in [0.05, 0.1) is 18.4 Å². The van der Waals surface area contributed by atoms with Gasteiger partial charge in [-0.1, -0.05) is 33.8 Å². The summed E-state index contributed by atoms with van der Waals surface area (Å²) in [4.78, 5) is 15.9. The molecule has 0 bridgehead atoms. The largest absolute Gasteiger partial charge is 0.504 e. The number of hydrogen-bond acceptors (Lipinski definition) is 6. The summed E-state index contributed by atoms with van der Waals surface area (Å²) in [7, 11) is 1.49. The van der Waals surface area contributed by atoms with Crippen molar-refractivity contribution < 1.29 is 14.5 Å². The van der Waals surface area contributed by atoms with Gasteiger partial charge in [-0.25, -0.2) is 0 Å². The van der Waals surface area contributed by atoms with Gasteiger partial charge in [0.2, 0.25) is 5.16 Å². The van der Waals surface area contributed by atoms with E-state index in [9.17, 15) is 9.90 Å². The number of anilines is 1. The molecule has 0 amide bonds. The number of ether oxygens (including phenoxy) is 1. The monoisotopic (exact) mass is 473 g/mol. The molecule has 0 saturated heterocycles. The molecule has 29 heavy (non-hydrogen) atoms. The van der Waals surface area contributed by atoms with Gasteiger partial charge in [0.1, 0.15) is 0 Å². The van der Waals surface area contributed by atoms with E-state index in [1.807, 2.05) is 18.2 Å². The van der Waals surface area contributed by atoms with Crippen molar-refractivity contribution in [3.8, 4) is 22.8 Å². The predicted molar refractivity (Wildman–Crippen MR) is 116 cm³/mol. The molecule has 0 radical (unpaired) electrons. The Morgan fingerprint density at radius 1 is 1.38 bits per heavy atom. The zero-order chi connectivity index (χ0) is 20.5. The third-order valence-electron chi connectivity index (χ3n) is 4.49. The SMILES string of the molecule is C=CCSc1n[n+]2c(c(=O)[nH]1)-c1cc(Br)ccc1N[C@H]2c1ccc(O)c(OC)c1.